The molecule has 0 aromatic carbocycles. The zero-order chi connectivity index (χ0) is 29.2. The standard InChI is InChI=1S/C28H38N6O6/c1-8-39-25(36)19-17-29-34-22(32(6)26(37)40-27(2,3)4)16-21(31-23(19)34)30-20-10-9-15-33(24(20)35)18-11-13-28(5,38-7)14-12-18/h9-10,15-18H,8,11-14H2,1-7H3,(H,30,31). The molecule has 0 aliphatic heterocycles. The number of pyridine rings is 1. The molecule has 0 saturated heterocycles. The minimum Gasteiger partial charge on any atom is -0.462 e. The Bertz CT molecular complexity index is 1450. The van der Waals surface area contributed by atoms with Crippen LogP contribution in [0, 0.1) is 0 Å². The quantitative estimate of drug-likeness (QED) is 0.413. The number of aromatic nitrogens is 4. The van der Waals surface area contributed by atoms with E-state index >= 15 is 0 Å². The van der Waals surface area contributed by atoms with Gasteiger partial charge in [0.15, 0.2) is 5.65 Å². The molecule has 1 aliphatic carbocycles. The number of ether oxygens (including phenoxy) is 3. The van der Waals surface area contributed by atoms with E-state index in [-0.39, 0.29) is 46.7 Å². The number of amides is 1. The third-order valence-electron chi connectivity index (χ3n) is 7.10. The lowest BCUT2D eigenvalue weighted by Crippen LogP contribution is -2.36. The molecule has 3 aromatic rings. The lowest BCUT2D eigenvalue weighted by Gasteiger charge is -2.36. The number of nitrogens with one attached hydrogen (secondary N) is 1. The normalized spacial score (nSPS) is 19.3. The first kappa shape index (κ1) is 29.1. The zero-order valence-electron chi connectivity index (χ0n) is 24.2. The molecule has 1 fully saturated rings. The Morgan fingerprint density at radius 1 is 1.25 bits per heavy atom. The highest BCUT2D eigenvalue weighted by Crippen LogP contribution is 2.36. The minimum absolute atomic E-state index is 0.0482. The van der Waals surface area contributed by atoms with E-state index in [1.807, 2.05) is 6.07 Å². The van der Waals surface area contributed by atoms with Gasteiger partial charge in [0.2, 0.25) is 0 Å². The third-order valence-corrected chi connectivity index (χ3v) is 7.10. The summed E-state index contributed by atoms with van der Waals surface area (Å²) in [5, 5.41) is 7.38. The Morgan fingerprint density at radius 2 is 1.95 bits per heavy atom. The van der Waals surface area contributed by atoms with Gasteiger partial charge >= 0.3 is 12.1 Å². The summed E-state index contributed by atoms with van der Waals surface area (Å²) in [6.07, 6.45) is 5.86. The number of anilines is 3. The summed E-state index contributed by atoms with van der Waals surface area (Å²) in [5.74, 6) is -0.0791. The predicted octanol–water partition coefficient (Wildman–Crippen LogP) is 4.70. The van der Waals surface area contributed by atoms with E-state index in [0.29, 0.717) is 5.69 Å². The van der Waals surface area contributed by atoms with Crippen LogP contribution < -0.4 is 15.8 Å². The molecule has 3 aromatic heterocycles. The second-order valence-electron chi connectivity index (χ2n) is 11.2. The highest BCUT2D eigenvalue weighted by atomic mass is 16.6. The van der Waals surface area contributed by atoms with Crippen molar-refractivity contribution in [3.05, 3.63) is 46.5 Å². The van der Waals surface area contributed by atoms with Crippen LogP contribution in [0.5, 0.6) is 0 Å². The monoisotopic (exact) mass is 554 g/mol. The van der Waals surface area contributed by atoms with Gasteiger partial charge in [0.25, 0.3) is 5.56 Å². The van der Waals surface area contributed by atoms with E-state index in [1.165, 1.54) is 22.7 Å². The molecule has 1 amide bonds. The van der Waals surface area contributed by atoms with E-state index in [4.69, 9.17) is 14.2 Å². The van der Waals surface area contributed by atoms with Crippen molar-refractivity contribution in [1.82, 2.24) is 19.2 Å². The average Bonchev–Trinajstić information content (AvgIpc) is 3.33. The number of rotatable bonds is 7. The van der Waals surface area contributed by atoms with E-state index < -0.39 is 17.7 Å². The fourth-order valence-electron chi connectivity index (χ4n) is 4.75. The molecule has 216 valence electrons. The maximum Gasteiger partial charge on any atom is 0.415 e. The van der Waals surface area contributed by atoms with E-state index in [0.717, 1.165) is 25.7 Å². The van der Waals surface area contributed by atoms with Gasteiger partial charge in [-0.2, -0.15) is 9.61 Å². The van der Waals surface area contributed by atoms with Crippen molar-refractivity contribution in [2.75, 3.05) is 31.0 Å². The van der Waals surface area contributed by atoms with Gasteiger partial charge in [-0.15, -0.1) is 0 Å². The molecule has 0 bridgehead atoms. The summed E-state index contributed by atoms with van der Waals surface area (Å²) in [4.78, 5) is 44.9. The first-order chi connectivity index (χ1) is 18.9. The second kappa shape index (κ2) is 11.3. The molecule has 1 saturated carbocycles. The Balaban J connectivity index is 1.73. The molecule has 0 spiro atoms. The minimum atomic E-state index is -0.728. The lowest BCUT2D eigenvalue weighted by molar-refractivity contribution is -0.0324. The molecule has 1 aliphatic rings. The highest BCUT2D eigenvalue weighted by Gasteiger charge is 2.32. The first-order valence-electron chi connectivity index (χ1n) is 13.4. The molecule has 0 radical (unpaired) electrons. The highest BCUT2D eigenvalue weighted by molar-refractivity contribution is 5.97. The molecular weight excluding hydrogens is 516 g/mol. The Labute approximate surface area is 233 Å². The van der Waals surface area contributed by atoms with Gasteiger partial charge in [-0.05, 0) is 72.4 Å². The van der Waals surface area contributed by atoms with Gasteiger partial charge in [-0.1, -0.05) is 0 Å². The summed E-state index contributed by atoms with van der Waals surface area (Å²) >= 11 is 0. The number of carbonyl (C=O) groups excluding carboxylic acids is 2. The maximum absolute atomic E-state index is 13.5. The van der Waals surface area contributed by atoms with Gasteiger partial charge in [-0.3, -0.25) is 9.69 Å². The molecule has 12 heteroatoms. The second-order valence-corrected chi connectivity index (χ2v) is 11.2. The summed E-state index contributed by atoms with van der Waals surface area (Å²) in [5.41, 5.74) is -0.505. The summed E-state index contributed by atoms with van der Waals surface area (Å²) in [6.45, 7) is 9.27. The molecule has 12 nitrogen and oxygen atoms in total. The van der Waals surface area contributed by atoms with Crippen LogP contribution in [0.25, 0.3) is 5.65 Å². The molecular formula is C28H38N6O6. The van der Waals surface area contributed by atoms with Crippen molar-refractivity contribution < 1.29 is 23.8 Å². The largest absolute Gasteiger partial charge is 0.462 e. The number of fused-ring (bicyclic) bond motifs is 1. The van der Waals surface area contributed by atoms with Gasteiger partial charge in [0.1, 0.15) is 28.5 Å². The van der Waals surface area contributed by atoms with Crippen LogP contribution in [0.3, 0.4) is 0 Å². The van der Waals surface area contributed by atoms with Crippen molar-refractivity contribution in [3.8, 4) is 0 Å². The SMILES string of the molecule is CCOC(=O)c1cnn2c(N(C)C(=O)OC(C)(C)C)cc(Nc3cccn(C4CCC(C)(OC)CC4)c3=O)nc12. The van der Waals surface area contributed by atoms with Crippen molar-refractivity contribution in [1.29, 1.82) is 0 Å². The van der Waals surface area contributed by atoms with Gasteiger partial charge in [0, 0.05) is 32.5 Å². The van der Waals surface area contributed by atoms with Crippen molar-refractivity contribution in [3.63, 3.8) is 0 Å². The molecule has 4 rings (SSSR count). The fraction of sp³-hybridized carbons (Fsp3) is 0.536. The van der Waals surface area contributed by atoms with Gasteiger partial charge in [0.05, 0.1) is 18.4 Å². The number of carbonyl (C=O) groups is 2. The van der Waals surface area contributed by atoms with Crippen LogP contribution in [-0.4, -0.2) is 63.2 Å². The number of hydrogen-bond donors (Lipinski definition) is 1. The van der Waals surface area contributed by atoms with Gasteiger partial charge < -0.3 is 24.1 Å². The smallest absolute Gasteiger partial charge is 0.415 e. The van der Waals surface area contributed by atoms with E-state index in [9.17, 15) is 14.4 Å². The van der Waals surface area contributed by atoms with Crippen LogP contribution >= 0.6 is 0 Å². The molecule has 3 heterocycles. The van der Waals surface area contributed by atoms with Crippen LogP contribution in [0.1, 0.15) is 76.7 Å². The van der Waals surface area contributed by atoms with Crippen LogP contribution in [0.15, 0.2) is 35.4 Å². The summed E-state index contributed by atoms with van der Waals surface area (Å²) in [7, 11) is 3.26. The van der Waals surface area contributed by atoms with Crippen molar-refractivity contribution in [2.24, 2.45) is 0 Å². The van der Waals surface area contributed by atoms with Crippen molar-refractivity contribution in [2.45, 2.75) is 77.5 Å². The zero-order valence-corrected chi connectivity index (χ0v) is 24.2. The molecule has 1 N–H and O–H groups in total. The lowest BCUT2D eigenvalue weighted by atomic mass is 9.83. The Hall–Kier alpha value is -3.93. The third kappa shape index (κ3) is 6.11. The topological polar surface area (TPSA) is 129 Å². The fourth-order valence-corrected chi connectivity index (χ4v) is 4.75. The average molecular weight is 555 g/mol. The van der Waals surface area contributed by atoms with Crippen LogP contribution in [-0.2, 0) is 14.2 Å². The van der Waals surface area contributed by atoms with Crippen LogP contribution in [0.4, 0.5) is 22.1 Å². The molecule has 0 atom stereocenters. The van der Waals surface area contributed by atoms with E-state index in [2.05, 4.69) is 22.3 Å². The Morgan fingerprint density at radius 3 is 2.58 bits per heavy atom. The molecule has 40 heavy (non-hydrogen) atoms. The number of esters is 1. The summed E-state index contributed by atoms with van der Waals surface area (Å²) < 4.78 is 19.5. The maximum atomic E-state index is 13.5. The molecule has 0 unspecified atom stereocenters. The predicted molar refractivity (Wildman–Crippen MR) is 150 cm³/mol. The number of methoxy groups -OCH3 is 1. The Kier molecular flexibility index (Phi) is 8.20. The van der Waals surface area contributed by atoms with Gasteiger partial charge in [-0.25, -0.2) is 14.6 Å². The number of nitrogens with zero attached hydrogens (tertiary/aromatic N) is 5. The van der Waals surface area contributed by atoms with Crippen LogP contribution in [0.2, 0.25) is 0 Å². The number of hydrogen-bond acceptors (Lipinski definition) is 9. The van der Waals surface area contributed by atoms with E-state index in [1.54, 1.807) is 57.7 Å². The first-order valence-corrected chi connectivity index (χ1v) is 13.4. The summed E-state index contributed by atoms with van der Waals surface area (Å²) in [6, 6.07) is 5.10. The van der Waals surface area contributed by atoms with Crippen molar-refractivity contribution >= 4 is 35.0 Å².